The standard InChI is InChI=1S/C25H16O/c26-23-14-6-10-19-9-5-13-22(24(19)23)25-20-11-3-1-7-17(20)15-16-18-8-2-4-12-21(18)25/h1-16H/p+1. The Hall–Kier alpha value is -3.45. The third-order valence-corrected chi connectivity index (χ3v) is 5.05. The van der Waals surface area contributed by atoms with E-state index in [-0.39, 0.29) is 0 Å². The topological polar surface area (TPSA) is 20.2 Å². The van der Waals surface area contributed by atoms with Gasteiger partial charge in [0.2, 0.25) is 0 Å². The van der Waals surface area contributed by atoms with Gasteiger partial charge in [0, 0.05) is 28.5 Å². The van der Waals surface area contributed by atoms with Gasteiger partial charge in [-0.3, -0.25) is 0 Å². The highest BCUT2D eigenvalue weighted by atomic mass is 16.3. The summed E-state index contributed by atoms with van der Waals surface area (Å²) in [5.74, 6) is 0.317. The lowest BCUT2D eigenvalue weighted by Crippen LogP contribution is -1.84. The highest BCUT2D eigenvalue weighted by molar-refractivity contribution is 6.15. The van der Waals surface area contributed by atoms with Gasteiger partial charge < -0.3 is 5.11 Å². The summed E-state index contributed by atoms with van der Waals surface area (Å²) < 4.78 is 0. The minimum Gasteiger partial charge on any atom is -0.507 e. The van der Waals surface area contributed by atoms with Gasteiger partial charge >= 0.3 is 0 Å². The summed E-state index contributed by atoms with van der Waals surface area (Å²) in [5, 5.41) is 17.3. The molecule has 122 valence electrons. The first-order valence-corrected chi connectivity index (χ1v) is 8.78. The fourth-order valence-electron chi connectivity index (χ4n) is 3.88. The monoisotopic (exact) mass is 333 g/mol. The predicted octanol–water partition coefficient (Wildman–Crippen LogP) is 6.80. The van der Waals surface area contributed by atoms with Crippen LogP contribution in [0.1, 0.15) is 0 Å². The summed E-state index contributed by atoms with van der Waals surface area (Å²) in [5.41, 5.74) is 2.22. The van der Waals surface area contributed by atoms with Crippen molar-refractivity contribution in [3.63, 3.8) is 0 Å². The fraction of sp³-hybridized carbons (Fsp3) is 0. The summed E-state index contributed by atoms with van der Waals surface area (Å²) in [6.45, 7) is 0. The van der Waals surface area contributed by atoms with Crippen LogP contribution in [0.2, 0.25) is 0 Å². The average molecular weight is 333 g/mol. The molecule has 0 aromatic heterocycles. The second-order valence-corrected chi connectivity index (χ2v) is 6.56. The van der Waals surface area contributed by atoms with E-state index in [9.17, 15) is 5.11 Å². The number of rotatable bonds is 1. The second kappa shape index (κ2) is 5.82. The molecule has 0 atom stereocenters. The van der Waals surface area contributed by atoms with E-state index in [4.69, 9.17) is 0 Å². The number of hydrogen-bond donors (Lipinski definition) is 1. The van der Waals surface area contributed by atoms with Gasteiger partial charge in [0.1, 0.15) is 5.75 Å². The first-order chi connectivity index (χ1) is 12.8. The van der Waals surface area contributed by atoms with E-state index in [0.29, 0.717) is 5.75 Å². The molecule has 0 saturated heterocycles. The molecule has 0 aliphatic rings. The van der Waals surface area contributed by atoms with Crippen molar-refractivity contribution in [1.29, 1.82) is 0 Å². The van der Waals surface area contributed by atoms with Crippen molar-refractivity contribution in [2.45, 2.75) is 0 Å². The molecule has 1 nitrogen and oxygen atoms in total. The minimum atomic E-state index is 0.317. The summed E-state index contributed by atoms with van der Waals surface area (Å²) >= 11 is 0. The summed E-state index contributed by atoms with van der Waals surface area (Å²) in [6, 6.07) is 33.2. The van der Waals surface area contributed by atoms with Crippen LogP contribution in [0.4, 0.5) is 0 Å². The molecular formula is C25H17O+. The molecule has 0 amide bonds. The van der Waals surface area contributed by atoms with Crippen molar-refractivity contribution in [3.8, 4) is 16.9 Å². The highest BCUT2D eigenvalue weighted by Crippen LogP contribution is 2.40. The lowest BCUT2D eigenvalue weighted by Gasteiger charge is -2.08. The smallest absolute Gasteiger partial charge is 0.130 e. The van der Waals surface area contributed by atoms with Gasteiger partial charge in [0.15, 0.2) is 0 Å². The quantitative estimate of drug-likeness (QED) is 0.334. The zero-order valence-corrected chi connectivity index (χ0v) is 14.2. The Kier molecular flexibility index (Phi) is 3.32. The van der Waals surface area contributed by atoms with Crippen LogP contribution in [-0.4, -0.2) is 5.11 Å². The van der Waals surface area contributed by atoms with Gasteiger partial charge in [-0.25, -0.2) is 0 Å². The molecular weight excluding hydrogens is 316 g/mol. The van der Waals surface area contributed by atoms with Crippen molar-refractivity contribution in [3.05, 3.63) is 97.1 Å². The zero-order chi connectivity index (χ0) is 17.5. The third-order valence-electron chi connectivity index (χ3n) is 5.05. The SMILES string of the molecule is Oc1cccc2cccc(-c3c4ccccc4ccc4cccc[c+]34)c12. The number of benzene rings is 4. The van der Waals surface area contributed by atoms with Crippen LogP contribution in [-0.2, 0) is 0 Å². The first-order valence-electron chi connectivity index (χ1n) is 8.78. The molecule has 0 aliphatic carbocycles. The van der Waals surface area contributed by atoms with E-state index in [0.717, 1.165) is 21.9 Å². The molecule has 0 saturated carbocycles. The van der Waals surface area contributed by atoms with Gasteiger partial charge in [-0.05, 0) is 53.9 Å². The number of hydrogen-bond acceptors (Lipinski definition) is 1. The van der Waals surface area contributed by atoms with Crippen molar-refractivity contribution in [2.75, 3.05) is 0 Å². The number of fused-ring (bicyclic) bond motifs is 3. The van der Waals surface area contributed by atoms with E-state index in [1.165, 1.54) is 21.5 Å². The van der Waals surface area contributed by atoms with Crippen molar-refractivity contribution >= 4 is 32.3 Å². The Morgan fingerprint density at radius 1 is 0.615 bits per heavy atom. The third kappa shape index (κ3) is 2.21. The van der Waals surface area contributed by atoms with Crippen LogP contribution in [0.3, 0.4) is 0 Å². The van der Waals surface area contributed by atoms with Crippen molar-refractivity contribution < 1.29 is 5.11 Å². The van der Waals surface area contributed by atoms with Gasteiger partial charge in [-0.1, -0.05) is 36.4 Å². The van der Waals surface area contributed by atoms with Gasteiger partial charge in [0.25, 0.3) is 0 Å². The molecule has 26 heavy (non-hydrogen) atoms. The van der Waals surface area contributed by atoms with Crippen LogP contribution in [0, 0.1) is 0 Å². The molecule has 1 N–H and O–H groups in total. The van der Waals surface area contributed by atoms with E-state index < -0.39 is 0 Å². The number of phenols is 1. The minimum absolute atomic E-state index is 0.317. The van der Waals surface area contributed by atoms with E-state index in [2.05, 4.69) is 72.8 Å². The highest BCUT2D eigenvalue weighted by Gasteiger charge is 2.17. The van der Waals surface area contributed by atoms with E-state index in [1.54, 1.807) is 6.07 Å². The van der Waals surface area contributed by atoms with E-state index in [1.807, 2.05) is 18.2 Å². The van der Waals surface area contributed by atoms with Gasteiger partial charge in [-0.2, -0.15) is 0 Å². The number of aromatic hydroxyl groups is 1. The molecule has 1 heteroatoms. The number of phenolic OH excluding ortho intramolecular Hbond substituents is 1. The Bertz CT molecular complexity index is 1230. The lowest BCUT2D eigenvalue weighted by atomic mass is 9.92. The summed E-state index contributed by atoms with van der Waals surface area (Å²) in [7, 11) is 0. The molecule has 0 bridgehead atoms. The van der Waals surface area contributed by atoms with Crippen molar-refractivity contribution in [1.82, 2.24) is 0 Å². The Labute approximate surface area is 151 Å². The maximum absolute atomic E-state index is 10.6. The molecule has 0 heterocycles. The second-order valence-electron chi connectivity index (χ2n) is 6.56. The lowest BCUT2D eigenvalue weighted by molar-refractivity contribution is 0.482. The zero-order valence-electron chi connectivity index (χ0n) is 14.2. The Balaban J connectivity index is 2.08. The predicted molar refractivity (Wildman–Crippen MR) is 110 cm³/mol. The van der Waals surface area contributed by atoms with E-state index >= 15 is 0 Å². The van der Waals surface area contributed by atoms with Crippen LogP contribution in [0.15, 0.2) is 97.1 Å². The normalized spacial score (nSPS) is 11.2. The molecule has 0 radical (unpaired) electrons. The van der Waals surface area contributed by atoms with Gasteiger partial charge in [0.05, 0.1) is 21.7 Å². The van der Waals surface area contributed by atoms with Crippen LogP contribution < -0.4 is 0 Å². The molecule has 5 aromatic carbocycles. The molecule has 5 aromatic rings. The van der Waals surface area contributed by atoms with Crippen LogP contribution in [0.25, 0.3) is 43.4 Å². The Morgan fingerprint density at radius 3 is 2.31 bits per heavy atom. The Morgan fingerprint density at radius 2 is 1.38 bits per heavy atom. The van der Waals surface area contributed by atoms with Crippen molar-refractivity contribution in [2.24, 2.45) is 0 Å². The van der Waals surface area contributed by atoms with Crippen LogP contribution in [0.5, 0.6) is 5.75 Å². The summed E-state index contributed by atoms with van der Waals surface area (Å²) in [6.07, 6.45) is 0. The molecule has 5 rings (SSSR count). The first kappa shape index (κ1) is 14.9. The molecule has 0 fully saturated rings. The maximum Gasteiger partial charge on any atom is 0.130 e. The average Bonchev–Trinajstić information content (AvgIpc) is 2.85. The molecule has 0 spiro atoms. The molecule has 0 unspecified atom stereocenters. The van der Waals surface area contributed by atoms with Gasteiger partial charge in [-0.15, -0.1) is 0 Å². The summed E-state index contributed by atoms with van der Waals surface area (Å²) in [4.78, 5) is 0. The van der Waals surface area contributed by atoms with Crippen LogP contribution >= 0.6 is 0 Å². The largest absolute Gasteiger partial charge is 0.507 e. The molecule has 0 aliphatic heterocycles. The maximum atomic E-state index is 10.6. The fourth-order valence-corrected chi connectivity index (χ4v) is 3.88.